The minimum atomic E-state index is -1.44. The number of hydrogen-bond donors (Lipinski definition) is 2. The monoisotopic (exact) mass is 484 g/mol. The van der Waals surface area contributed by atoms with E-state index in [1.165, 1.54) is 77.0 Å². The zero-order valence-electron chi connectivity index (χ0n) is 23.1. The molecule has 0 radical (unpaired) electrons. The number of quaternary nitrogens is 1. The Morgan fingerprint density at radius 1 is 0.853 bits per heavy atom. The number of allylic oxidation sites excluding steroid dienone is 2. The van der Waals surface area contributed by atoms with Gasteiger partial charge in [0.05, 0.1) is 39.3 Å². The van der Waals surface area contributed by atoms with Crippen molar-refractivity contribution in [1.82, 2.24) is 5.32 Å². The van der Waals surface area contributed by atoms with E-state index < -0.39 is 12.1 Å². The molecule has 0 rings (SSSR count). The van der Waals surface area contributed by atoms with E-state index >= 15 is 0 Å². The number of hydrogen-bond acceptors (Lipinski definition) is 4. The first-order valence-corrected chi connectivity index (χ1v) is 13.8. The minimum Gasteiger partial charge on any atom is -0.547 e. The van der Waals surface area contributed by atoms with Crippen molar-refractivity contribution in [3.05, 3.63) is 12.2 Å². The second-order valence-corrected chi connectivity index (χ2v) is 10.0. The van der Waals surface area contributed by atoms with Crippen molar-refractivity contribution >= 4 is 11.9 Å². The molecule has 0 bridgehead atoms. The van der Waals surface area contributed by atoms with E-state index in [9.17, 15) is 14.7 Å². The molecule has 1 unspecified atom stereocenters. The van der Waals surface area contributed by atoms with E-state index in [1.54, 1.807) is 0 Å². The van der Waals surface area contributed by atoms with Gasteiger partial charge < -0.3 is 24.8 Å². The van der Waals surface area contributed by atoms with Gasteiger partial charge in [0.2, 0.25) is 5.91 Å². The third kappa shape index (κ3) is 28.6. The van der Waals surface area contributed by atoms with Gasteiger partial charge in [0, 0.05) is 19.4 Å². The quantitative estimate of drug-likeness (QED) is 0.140. The van der Waals surface area contributed by atoms with Crippen LogP contribution in [-0.2, 0) is 9.59 Å². The van der Waals surface area contributed by atoms with Gasteiger partial charge in [-0.1, -0.05) is 70.4 Å². The molecule has 0 aliphatic heterocycles. The number of aliphatic carboxylic acids is 1. The number of unbranched alkanes of at least 4 members (excludes halogenated alkanes) is 11. The topological polar surface area (TPSA) is 89.5 Å². The number of aliphatic hydroxyl groups is 1. The van der Waals surface area contributed by atoms with Gasteiger partial charge in [-0.25, -0.2) is 0 Å². The fraction of sp³-hybridized carbons (Fsp3) is 0.857. The van der Waals surface area contributed by atoms with E-state index in [-0.39, 0.29) is 5.91 Å². The molecule has 0 spiro atoms. The lowest BCUT2D eigenvalue weighted by atomic mass is 10.1. The standard InChI is InChI=1S/C25H50N2O.C3H6O3/c1-5-7-8-9-10-11-12-13-14-15-16-17-18-19-20-22-25(28)26-23-21-24-27(3,4)6-2;1-2(4)3(5)6/h13-14H,5-12,15-24H2,1-4H3;2,4H,1H3,(H,5,6)/b14-13-;. The van der Waals surface area contributed by atoms with Crippen LogP contribution in [0.15, 0.2) is 12.2 Å². The summed E-state index contributed by atoms with van der Waals surface area (Å²) in [5.74, 6) is -1.20. The second kappa shape index (κ2) is 24.7. The average molecular weight is 485 g/mol. The molecule has 0 aromatic heterocycles. The van der Waals surface area contributed by atoms with E-state index in [4.69, 9.17) is 5.11 Å². The number of carboxylic acids is 1. The van der Waals surface area contributed by atoms with Crippen molar-refractivity contribution in [2.24, 2.45) is 0 Å². The van der Waals surface area contributed by atoms with E-state index in [0.717, 1.165) is 43.9 Å². The van der Waals surface area contributed by atoms with Crippen LogP contribution in [0.2, 0.25) is 0 Å². The Morgan fingerprint density at radius 2 is 1.32 bits per heavy atom. The van der Waals surface area contributed by atoms with Crippen molar-refractivity contribution < 1.29 is 24.3 Å². The smallest absolute Gasteiger partial charge is 0.219 e. The summed E-state index contributed by atoms with van der Waals surface area (Å²) in [4.78, 5) is 21.2. The van der Waals surface area contributed by atoms with Crippen LogP contribution in [-0.4, -0.2) is 61.3 Å². The van der Waals surface area contributed by atoms with Crippen molar-refractivity contribution in [3.63, 3.8) is 0 Å². The van der Waals surface area contributed by atoms with Crippen LogP contribution in [0, 0.1) is 0 Å². The molecule has 0 aromatic carbocycles. The summed E-state index contributed by atoms with van der Waals surface area (Å²) in [6, 6.07) is 0. The SMILES string of the molecule is CC(O)C(=O)[O-].CCCCCCCC/C=C\CCCCCCCC(=O)NCCC[N+](C)(C)CC. The molecule has 0 heterocycles. The zero-order chi connectivity index (χ0) is 26.1. The van der Waals surface area contributed by atoms with Crippen LogP contribution in [0.4, 0.5) is 0 Å². The lowest BCUT2D eigenvalue weighted by Crippen LogP contribution is -2.41. The van der Waals surface area contributed by atoms with Crippen LogP contribution in [0.3, 0.4) is 0 Å². The predicted molar refractivity (Wildman–Crippen MR) is 141 cm³/mol. The molecule has 2 N–H and O–H groups in total. The molecule has 0 saturated heterocycles. The van der Waals surface area contributed by atoms with Crippen molar-refractivity contribution in [2.75, 3.05) is 33.7 Å². The number of carbonyl (C=O) groups excluding carboxylic acids is 2. The number of rotatable bonds is 21. The maximum absolute atomic E-state index is 11.8. The first-order valence-electron chi connectivity index (χ1n) is 13.8. The highest BCUT2D eigenvalue weighted by atomic mass is 16.4. The normalized spacial score (nSPS) is 12.3. The Kier molecular flexibility index (Phi) is 25.3. The number of nitrogens with one attached hydrogen (secondary N) is 1. The van der Waals surface area contributed by atoms with E-state index in [1.807, 2.05) is 0 Å². The Bertz CT molecular complexity index is 505. The van der Waals surface area contributed by atoms with Crippen LogP contribution in [0.1, 0.15) is 117 Å². The molecule has 1 atom stereocenters. The molecule has 0 fully saturated rings. The second-order valence-electron chi connectivity index (χ2n) is 10.0. The van der Waals surface area contributed by atoms with Gasteiger partial charge in [-0.15, -0.1) is 0 Å². The Morgan fingerprint density at radius 3 is 1.79 bits per heavy atom. The fourth-order valence-corrected chi connectivity index (χ4v) is 3.34. The molecule has 0 saturated carbocycles. The highest BCUT2D eigenvalue weighted by molar-refractivity contribution is 5.75. The van der Waals surface area contributed by atoms with E-state index in [0.29, 0.717) is 6.42 Å². The number of carboxylic acid groups (broad SMARTS) is 1. The molecule has 6 heteroatoms. The van der Waals surface area contributed by atoms with E-state index in [2.05, 4.69) is 45.4 Å². The highest BCUT2D eigenvalue weighted by Gasteiger charge is 2.10. The third-order valence-electron chi connectivity index (χ3n) is 6.13. The molecule has 1 amide bonds. The Hall–Kier alpha value is -1.40. The molecule has 0 aliphatic carbocycles. The van der Waals surface area contributed by atoms with Crippen molar-refractivity contribution in [3.8, 4) is 0 Å². The van der Waals surface area contributed by atoms with Gasteiger partial charge in [-0.2, -0.15) is 0 Å². The van der Waals surface area contributed by atoms with Crippen LogP contribution in [0.25, 0.3) is 0 Å². The predicted octanol–water partition coefficient (Wildman–Crippen LogP) is 4.74. The Balaban J connectivity index is 0. The summed E-state index contributed by atoms with van der Waals surface area (Å²) in [5.41, 5.74) is 0. The molecule has 6 nitrogen and oxygen atoms in total. The van der Waals surface area contributed by atoms with Gasteiger partial charge in [0.25, 0.3) is 0 Å². The number of carbonyl (C=O) groups is 2. The van der Waals surface area contributed by atoms with Crippen LogP contribution >= 0.6 is 0 Å². The lowest BCUT2D eigenvalue weighted by Gasteiger charge is -2.28. The van der Waals surface area contributed by atoms with Gasteiger partial charge in [-0.05, 0) is 46.0 Å². The number of amides is 1. The molecule has 0 aliphatic rings. The summed E-state index contributed by atoms with van der Waals surface area (Å²) < 4.78 is 1.03. The van der Waals surface area contributed by atoms with Gasteiger partial charge in [0.15, 0.2) is 0 Å². The summed E-state index contributed by atoms with van der Waals surface area (Å²) in [6.45, 7) is 8.72. The largest absolute Gasteiger partial charge is 0.547 e. The lowest BCUT2D eigenvalue weighted by molar-refractivity contribution is -0.888. The summed E-state index contributed by atoms with van der Waals surface area (Å²) in [7, 11) is 4.49. The third-order valence-corrected chi connectivity index (χ3v) is 6.13. The summed E-state index contributed by atoms with van der Waals surface area (Å²) in [5, 5.41) is 20.4. The average Bonchev–Trinajstić information content (AvgIpc) is 2.79. The highest BCUT2D eigenvalue weighted by Crippen LogP contribution is 2.10. The first kappa shape index (κ1) is 34.8. The first-order chi connectivity index (χ1) is 16.2. The zero-order valence-corrected chi connectivity index (χ0v) is 23.1. The molecule has 0 aromatic rings. The fourth-order valence-electron chi connectivity index (χ4n) is 3.34. The number of aliphatic hydroxyl groups excluding tert-OH is 1. The summed E-state index contributed by atoms with van der Waals surface area (Å²) >= 11 is 0. The number of nitrogens with zero attached hydrogens (tertiary/aromatic N) is 1. The van der Waals surface area contributed by atoms with Gasteiger partial charge in [-0.3, -0.25) is 4.79 Å². The molecule has 34 heavy (non-hydrogen) atoms. The maximum atomic E-state index is 11.8. The molecular weight excluding hydrogens is 428 g/mol. The van der Waals surface area contributed by atoms with Crippen molar-refractivity contribution in [1.29, 1.82) is 0 Å². The molecule has 202 valence electrons. The molecular formula is C28H56N2O4. The van der Waals surface area contributed by atoms with Crippen LogP contribution in [0.5, 0.6) is 0 Å². The maximum Gasteiger partial charge on any atom is 0.219 e. The van der Waals surface area contributed by atoms with Crippen LogP contribution < -0.4 is 10.4 Å². The summed E-state index contributed by atoms with van der Waals surface area (Å²) in [6.07, 6.45) is 22.1. The van der Waals surface area contributed by atoms with Crippen molar-refractivity contribution in [2.45, 2.75) is 123 Å². The van der Waals surface area contributed by atoms with Gasteiger partial charge >= 0.3 is 0 Å². The Labute approximate surface area is 210 Å². The van der Waals surface area contributed by atoms with Gasteiger partial charge in [0.1, 0.15) is 0 Å². The minimum absolute atomic E-state index is 0.236.